The minimum atomic E-state index is -0.0423. The Morgan fingerprint density at radius 1 is 1.25 bits per heavy atom. The topological polar surface area (TPSA) is 38.9 Å². The second-order valence-electron chi connectivity index (χ2n) is 4.34. The molecule has 0 saturated carbocycles. The van der Waals surface area contributed by atoms with Crippen LogP contribution in [0.2, 0.25) is 0 Å². The van der Waals surface area contributed by atoms with E-state index in [1.54, 1.807) is 11.3 Å². The number of thiazole rings is 1. The standard InChI is InChI=1S/C13H16N2S/c1-13(2,10-6-4-3-5-7-10)12-15-11(8-14)9-16-12/h3-7,9H,8,14H2,1-2H3. The summed E-state index contributed by atoms with van der Waals surface area (Å²) in [4.78, 5) is 4.57. The third-order valence-corrected chi connectivity index (χ3v) is 4.01. The minimum absolute atomic E-state index is 0.0423. The van der Waals surface area contributed by atoms with Crippen LogP contribution in [0.1, 0.15) is 30.1 Å². The van der Waals surface area contributed by atoms with Gasteiger partial charge in [-0.25, -0.2) is 4.98 Å². The van der Waals surface area contributed by atoms with Gasteiger partial charge in [0, 0.05) is 17.3 Å². The Hall–Kier alpha value is -1.19. The van der Waals surface area contributed by atoms with Crippen LogP contribution in [0, 0.1) is 0 Å². The predicted octanol–water partition coefficient (Wildman–Crippen LogP) is 2.93. The van der Waals surface area contributed by atoms with Crippen LogP contribution in [0.5, 0.6) is 0 Å². The largest absolute Gasteiger partial charge is 0.325 e. The van der Waals surface area contributed by atoms with Crippen molar-refractivity contribution in [2.75, 3.05) is 0 Å². The highest BCUT2D eigenvalue weighted by molar-refractivity contribution is 7.09. The van der Waals surface area contributed by atoms with Crippen LogP contribution in [0.3, 0.4) is 0 Å². The summed E-state index contributed by atoms with van der Waals surface area (Å²) in [6.07, 6.45) is 0. The molecule has 0 aliphatic carbocycles. The molecule has 2 aromatic rings. The Balaban J connectivity index is 2.38. The fourth-order valence-corrected chi connectivity index (χ4v) is 2.65. The molecule has 0 amide bonds. The number of hydrogen-bond acceptors (Lipinski definition) is 3. The summed E-state index contributed by atoms with van der Waals surface area (Å²) in [6, 6.07) is 10.4. The van der Waals surface area contributed by atoms with Gasteiger partial charge in [0.25, 0.3) is 0 Å². The number of benzene rings is 1. The molecule has 0 radical (unpaired) electrons. The van der Waals surface area contributed by atoms with Crippen molar-refractivity contribution >= 4 is 11.3 Å². The van der Waals surface area contributed by atoms with Gasteiger partial charge in [0.05, 0.1) is 5.69 Å². The third-order valence-electron chi connectivity index (χ3n) is 2.79. The van der Waals surface area contributed by atoms with E-state index in [1.165, 1.54) is 5.56 Å². The van der Waals surface area contributed by atoms with Crippen molar-refractivity contribution < 1.29 is 0 Å². The van der Waals surface area contributed by atoms with Gasteiger partial charge < -0.3 is 5.73 Å². The average molecular weight is 232 g/mol. The van der Waals surface area contributed by atoms with Crippen molar-refractivity contribution in [2.45, 2.75) is 25.8 Å². The Morgan fingerprint density at radius 2 is 1.94 bits per heavy atom. The first kappa shape index (κ1) is 11.3. The number of rotatable bonds is 3. The van der Waals surface area contributed by atoms with Gasteiger partial charge in [0.2, 0.25) is 0 Å². The first-order chi connectivity index (χ1) is 7.64. The second kappa shape index (κ2) is 4.36. The number of nitrogens with zero attached hydrogens (tertiary/aromatic N) is 1. The van der Waals surface area contributed by atoms with Crippen molar-refractivity contribution in [3.63, 3.8) is 0 Å². The fourth-order valence-electron chi connectivity index (χ4n) is 1.67. The van der Waals surface area contributed by atoms with Crippen molar-refractivity contribution in [3.05, 3.63) is 52.0 Å². The summed E-state index contributed by atoms with van der Waals surface area (Å²) in [6.45, 7) is 4.91. The molecule has 0 atom stereocenters. The Bertz CT molecular complexity index is 460. The molecule has 2 rings (SSSR count). The molecule has 0 aliphatic rings. The molecular weight excluding hydrogens is 216 g/mol. The van der Waals surface area contributed by atoms with Gasteiger partial charge >= 0.3 is 0 Å². The summed E-state index contributed by atoms with van der Waals surface area (Å²) in [7, 11) is 0. The lowest BCUT2D eigenvalue weighted by Gasteiger charge is -2.22. The number of hydrogen-bond donors (Lipinski definition) is 1. The van der Waals surface area contributed by atoms with Crippen LogP contribution in [-0.2, 0) is 12.0 Å². The van der Waals surface area contributed by atoms with E-state index in [0.717, 1.165) is 10.7 Å². The normalized spacial score (nSPS) is 11.7. The molecule has 84 valence electrons. The summed E-state index contributed by atoms with van der Waals surface area (Å²) in [5, 5.41) is 3.17. The Morgan fingerprint density at radius 3 is 2.50 bits per heavy atom. The van der Waals surface area contributed by atoms with Gasteiger partial charge in [0.15, 0.2) is 0 Å². The highest BCUT2D eigenvalue weighted by Gasteiger charge is 2.26. The highest BCUT2D eigenvalue weighted by atomic mass is 32.1. The first-order valence-corrected chi connectivity index (χ1v) is 6.23. The Kier molecular flexibility index (Phi) is 3.08. The molecule has 0 aliphatic heterocycles. The van der Waals surface area contributed by atoms with E-state index >= 15 is 0 Å². The zero-order valence-corrected chi connectivity index (χ0v) is 10.4. The molecular formula is C13H16N2S. The zero-order chi connectivity index (χ0) is 11.6. The van der Waals surface area contributed by atoms with Gasteiger partial charge in [-0.2, -0.15) is 0 Å². The molecule has 16 heavy (non-hydrogen) atoms. The molecule has 2 nitrogen and oxygen atoms in total. The van der Waals surface area contributed by atoms with E-state index in [9.17, 15) is 0 Å². The summed E-state index contributed by atoms with van der Waals surface area (Å²) >= 11 is 1.68. The van der Waals surface area contributed by atoms with Gasteiger partial charge in [-0.15, -0.1) is 11.3 Å². The molecule has 1 aromatic carbocycles. The quantitative estimate of drug-likeness (QED) is 0.883. The summed E-state index contributed by atoms with van der Waals surface area (Å²) in [5.41, 5.74) is 7.81. The maximum Gasteiger partial charge on any atom is 0.103 e. The van der Waals surface area contributed by atoms with Crippen LogP contribution in [0.25, 0.3) is 0 Å². The average Bonchev–Trinajstić information content (AvgIpc) is 2.79. The first-order valence-electron chi connectivity index (χ1n) is 5.35. The van der Waals surface area contributed by atoms with Crippen molar-refractivity contribution in [1.82, 2.24) is 4.98 Å². The molecule has 0 saturated heterocycles. The lowest BCUT2D eigenvalue weighted by molar-refractivity contribution is 0.632. The van der Waals surface area contributed by atoms with E-state index in [4.69, 9.17) is 5.73 Å². The van der Waals surface area contributed by atoms with Gasteiger partial charge in [-0.05, 0) is 19.4 Å². The van der Waals surface area contributed by atoms with E-state index in [-0.39, 0.29) is 5.41 Å². The SMILES string of the molecule is CC(C)(c1ccccc1)c1nc(CN)cs1. The molecule has 1 heterocycles. The Labute approximate surface area is 100 Å². The lowest BCUT2D eigenvalue weighted by Crippen LogP contribution is -2.18. The molecule has 3 heteroatoms. The number of aromatic nitrogens is 1. The van der Waals surface area contributed by atoms with Crippen molar-refractivity contribution in [1.29, 1.82) is 0 Å². The summed E-state index contributed by atoms with van der Waals surface area (Å²) < 4.78 is 0. The third kappa shape index (κ3) is 2.01. The maximum absolute atomic E-state index is 5.59. The second-order valence-corrected chi connectivity index (χ2v) is 5.20. The minimum Gasteiger partial charge on any atom is -0.325 e. The van der Waals surface area contributed by atoms with E-state index in [0.29, 0.717) is 6.54 Å². The zero-order valence-electron chi connectivity index (χ0n) is 9.60. The number of nitrogens with two attached hydrogens (primary N) is 1. The molecule has 0 unspecified atom stereocenters. The molecule has 0 bridgehead atoms. The maximum atomic E-state index is 5.59. The fraction of sp³-hybridized carbons (Fsp3) is 0.308. The highest BCUT2D eigenvalue weighted by Crippen LogP contribution is 2.33. The molecule has 0 fully saturated rings. The van der Waals surface area contributed by atoms with Gasteiger partial charge in [-0.1, -0.05) is 30.3 Å². The molecule has 1 aromatic heterocycles. The molecule has 2 N–H and O–H groups in total. The molecule has 0 spiro atoms. The van der Waals surface area contributed by atoms with Crippen LogP contribution >= 0.6 is 11.3 Å². The van der Waals surface area contributed by atoms with Crippen LogP contribution in [-0.4, -0.2) is 4.98 Å². The van der Waals surface area contributed by atoms with Gasteiger partial charge in [-0.3, -0.25) is 0 Å². The van der Waals surface area contributed by atoms with Crippen LogP contribution < -0.4 is 5.73 Å². The smallest absolute Gasteiger partial charge is 0.103 e. The van der Waals surface area contributed by atoms with E-state index < -0.39 is 0 Å². The van der Waals surface area contributed by atoms with Crippen molar-refractivity contribution in [2.24, 2.45) is 5.73 Å². The van der Waals surface area contributed by atoms with Crippen LogP contribution in [0.15, 0.2) is 35.7 Å². The van der Waals surface area contributed by atoms with Gasteiger partial charge in [0.1, 0.15) is 5.01 Å². The lowest BCUT2D eigenvalue weighted by atomic mass is 9.85. The summed E-state index contributed by atoms with van der Waals surface area (Å²) in [5.74, 6) is 0. The van der Waals surface area contributed by atoms with Crippen molar-refractivity contribution in [3.8, 4) is 0 Å². The van der Waals surface area contributed by atoms with E-state index in [1.807, 2.05) is 11.4 Å². The van der Waals surface area contributed by atoms with E-state index in [2.05, 4.69) is 43.1 Å². The van der Waals surface area contributed by atoms with Crippen LogP contribution in [0.4, 0.5) is 0 Å². The monoisotopic (exact) mass is 232 g/mol. The predicted molar refractivity (Wildman–Crippen MR) is 68.6 cm³/mol.